The van der Waals surface area contributed by atoms with Crippen molar-refractivity contribution in [2.45, 2.75) is 25.7 Å². The Morgan fingerprint density at radius 3 is 2.16 bits per heavy atom. The summed E-state index contributed by atoms with van der Waals surface area (Å²) in [5.74, 6) is -0.149. The molecule has 0 fully saturated rings. The maximum Gasteiger partial charge on any atom is 0.147 e. The van der Waals surface area contributed by atoms with E-state index in [9.17, 15) is 9.18 Å². The lowest BCUT2D eigenvalue weighted by Gasteiger charge is -2.23. The Balaban J connectivity index is 2.17. The average molecular weight is 256 g/mol. The third-order valence-electron chi connectivity index (χ3n) is 3.47. The number of Topliss-reactive ketones (excluding diaryl/α,β-unsaturated/α-hetero) is 1. The summed E-state index contributed by atoms with van der Waals surface area (Å²) < 4.78 is 12.8. The monoisotopic (exact) mass is 256 g/mol. The van der Waals surface area contributed by atoms with E-state index in [-0.39, 0.29) is 11.6 Å². The molecule has 0 N–H and O–H groups in total. The predicted molar refractivity (Wildman–Crippen MR) is 74.6 cm³/mol. The van der Waals surface area contributed by atoms with Crippen LogP contribution in [0.25, 0.3) is 0 Å². The van der Waals surface area contributed by atoms with Gasteiger partial charge in [0, 0.05) is 11.8 Å². The lowest BCUT2D eigenvalue weighted by Crippen LogP contribution is -2.30. The third kappa shape index (κ3) is 3.08. The van der Waals surface area contributed by atoms with Gasteiger partial charge in [0.25, 0.3) is 0 Å². The number of hydrogen-bond donors (Lipinski definition) is 0. The fourth-order valence-electron chi connectivity index (χ4n) is 2.02. The quantitative estimate of drug-likeness (QED) is 0.810. The zero-order valence-electron chi connectivity index (χ0n) is 11.2. The number of ketones is 1. The minimum Gasteiger partial charge on any atom is -0.298 e. The van der Waals surface area contributed by atoms with Crippen LogP contribution >= 0.6 is 0 Å². The van der Waals surface area contributed by atoms with Gasteiger partial charge in [0.05, 0.1) is 0 Å². The van der Waals surface area contributed by atoms with E-state index in [0.29, 0.717) is 6.42 Å². The van der Waals surface area contributed by atoms with Crippen LogP contribution in [0, 0.1) is 5.82 Å². The van der Waals surface area contributed by atoms with Gasteiger partial charge < -0.3 is 0 Å². The molecule has 0 heterocycles. The number of benzene rings is 2. The summed E-state index contributed by atoms with van der Waals surface area (Å²) in [5.41, 5.74) is 1.31. The van der Waals surface area contributed by atoms with Crippen molar-refractivity contribution in [3.8, 4) is 0 Å². The Hall–Kier alpha value is -1.96. The van der Waals surface area contributed by atoms with Crippen LogP contribution in [-0.2, 0) is 16.6 Å². The largest absolute Gasteiger partial charge is 0.298 e. The van der Waals surface area contributed by atoms with Crippen molar-refractivity contribution in [1.82, 2.24) is 0 Å². The molecule has 2 aromatic rings. The van der Waals surface area contributed by atoms with E-state index in [1.807, 2.05) is 44.2 Å². The molecule has 0 aliphatic heterocycles. The fraction of sp³-hybridized carbons (Fsp3) is 0.235. The molecule has 0 saturated heterocycles. The predicted octanol–water partition coefficient (Wildman–Crippen LogP) is 3.92. The maximum atomic E-state index is 12.8. The molecule has 0 unspecified atom stereocenters. The Labute approximate surface area is 113 Å². The highest BCUT2D eigenvalue weighted by Gasteiger charge is 2.28. The SMILES string of the molecule is CC(C)(C(=O)Cc1ccc(F)cc1)c1ccccc1. The number of carbonyl (C=O) groups is 1. The van der Waals surface area contributed by atoms with Crippen LogP contribution in [-0.4, -0.2) is 5.78 Å². The van der Waals surface area contributed by atoms with Crippen LogP contribution in [0.5, 0.6) is 0 Å². The Bertz CT molecular complexity index is 556. The average Bonchev–Trinajstić information content (AvgIpc) is 2.42. The molecule has 2 heteroatoms. The van der Waals surface area contributed by atoms with Gasteiger partial charge in [0.15, 0.2) is 0 Å². The molecule has 2 rings (SSSR count). The van der Waals surface area contributed by atoms with Crippen molar-refractivity contribution in [2.24, 2.45) is 0 Å². The first-order valence-electron chi connectivity index (χ1n) is 6.33. The van der Waals surface area contributed by atoms with Crippen molar-refractivity contribution >= 4 is 5.78 Å². The highest BCUT2D eigenvalue weighted by atomic mass is 19.1. The van der Waals surface area contributed by atoms with E-state index in [1.54, 1.807) is 12.1 Å². The molecule has 0 saturated carbocycles. The van der Waals surface area contributed by atoms with Crippen molar-refractivity contribution in [2.75, 3.05) is 0 Å². The zero-order valence-corrected chi connectivity index (χ0v) is 11.2. The number of carbonyl (C=O) groups excluding carboxylic acids is 1. The Kier molecular flexibility index (Phi) is 3.79. The van der Waals surface area contributed by atoms with Gasteiger partial charge in [-0.15, -0.1) is 0 Å². The molecular weight excluding hydrogens is 239 g/mol. The van der Waals surface area contributed by atoms with Crippen LogP contribution in [0.3, 0.4) is 0 Å². The molecule has 0 radical (unpaired) electrons. The first kappa shape index (κ1) is 13.5. The summed E-state index contributed by atoms with van der Waals surface area (Å²) in [4.78, 5) is 12.4. The van der Waals surface area contributed by atoms with Crippen molar-refractivity contribution in [1.29, 1.82) is 0 Å². The van der Waals surface area contributed by atoms with Crippen LogP contribution in [0.1, 0.15) is 25.0 Å². The van der Waals surface area contributed by atoms with E-state index in [2.05, 4.69) is 0 Å². The molecule has 98 valence electrons. The van der Waals surface area contributed by atoms with Gasteiger partial charge in [-0.1, -0.05) is 42.5 Å². The maximum absolute atomic E-state index is 12.8. The van der Waals surface area contributed by atoms with Gasteiger partial charge in [0.2, 0.25) is 0 Å². The van der Waals surface area contributed by atoms with Crippen LogP contribution < -0.4 is 0 Å². The second-order valence-electron chi connectivity index (χ2n) is 5.22. The van der Waals surface area contributed by atoms with Crippen molar-refractivity contribution < 1.29 is 9.18 Å². The second kappa shape index (κ2) is 5.35. The molecule has 0 aliphatic carbocycles. The number of hydrogen-bond acceptors (Lipinski definition) is 1. The summed E-state index contributed by atoms with van der Waals surface area (Å²) in [7, 11) is 0. The minimum absolute atomic E-state index is 0.130. The minimum atomic E-state index is -0.532. The van der Waals surface area contributed by atoms with E-state index in [4.69, 9.17) is 0 Å². The van der Waals surface area contributed by atoms with Crippen molar-refractivity contribution in [3.05, 3.63) is 71.5 Å². The van der Waals surface area contributed by atoms with E-state index in [0.717, 1.165) is 11.1 Å². The topological polar surface area (TPSA) is 17.1 Å². The molecule has 0 atom stereocenters. The molecule has 19 heavy (non-hydrogen) atoms. The lowest BCUT2D eigenvalue weighted by molar-refractivity contribution is -0.122. The molecule has 0 amide bonds. The molecule has 0 bridgehead atoms. The van der Waals surface area contributed by atoms with Crippen LogP contribution in [0.2, 0.25) is 0 Å². The summed E-state index contributed by atoms with van der Waals surface area (Å²) in [6.07, 6.45) is 0.322. The summed E-state index contributed by atoms with van der Waals surface area (Å²) in [6.45, 7) is 3.85. The molecule has 0 spiro atoms. The molecule has 0 aromatic heterocycles. The van der Waals surface area contributed by atoms with Crippen LogP contribution in [0.4, 0.5) is 4.39 Å². The molecule has 1 nitrogen and oxygen atoms in total. The van der Waals surface area contributed by atoms with Crippen molar-refractivity contribution in [3.63, 3.8) is 0 Å². The molecule has 0 aliphatic rings. The van der Waals surface area contributed by atoms with E-state index in [1.165, 1.54) is 12.1 Å². The number of halogens is 1. The first-order chi connectivity index (χ1) is 9.00. The summed E-state index contributed by atoms with van der Waals surface area (Å²) in [6, 6.07) is 15.8. The second-order valence-corrected chi connectivity index (χ2v) is 5.22. The fourth-order valence-corrected chi connectivity index (χ4v) is 2.02. The van der Waals surface area contributed by atoms with Crippen LogP contribution in [0.15, 0.2) is 54.6 Å². The van der Waals surface area contributed by atoms with Gasteiger partial charge in [-0.3, -0.25) is 4.79 Å². The lowest BCUT2D eigenvalue weighted by atomic mass is 9.78. The van der Waals surface area contributed by atoms with E-state index < -0.39 is 5.41 Å². The smallest absolute Gasteiger partial charge is 0.147 e. The van der Waals surface area contributed by atoms with Gasteiger partial charge >= 0.3 is 0 Å². The highest BCUT2D eigenvalue weighted by molar-refractivity contribution is 5.90. The van der Waals surface area contributed by atoms with Gasteiger partial charge in [-0.2, -0.15) is 0 Å². The first-order valence-corrected chi connectivity index (χ1v) is 6.33. The molecular formula is C17H17FO. The molecule has 2 aromatic carbocycles. The van der Waals surface area contributed by atoms with E-state index >= 15 is 0 Å². The van der Waals surface area contributed by atoms with Gasteiger partial charge in [0.1, 0.15) is 11.6 Å². The van der Waals surface area contributed by atoms with Gasteiger partial charge in [-0.25, -0.2) is 4.39 Å². The van der Waals surface area contributed by atoms with Gasteiger partial charge in [-0.05, 0) is 37.1 Å². The highest BCUT2D eigenvalue weighted by Crippen LogP contribution is 2.25. The standard InChI is InChI=1S/C17H17FO/c1-17(2,14-6-4-3-5-7-14)16(19)12-13-8-10-15(18)11-9-13/h3-11H,12H2,1-2H3. The zero-order chi connectivity index (χ0) is 13.9. The third-order valence-corrected chi connectivity index (χ3v) is 3.47. The Morgan fingerprint density at radius 1 is 1.00 bits per heavy atom. The summed E-state index contributed by atoms with van der Waals surface area (Å²) >= 11 is 0. The Morgan fingerprint density at radius 2 is 1.58 bits per heavy atom. The normalized spacial score (nSPS) is 11.3. The summed E-state index contributed by atoms with van der Waals surface area (Å²) in [5, 5.41) is 0. The number of rotatable bonds is 4.